The van der Waals surface area contributed by atoms with E-state index in [1.165, 1.54) is 0 Å². The minimum Gasteiger partial charge on any atom is -0.376 e. The first-order valence-corrected chi connectivity index (χ1v) is 8.26. The molecule has 0 radical (unpaired) electrons. The van der Waals surface area contributed by atoms with Gasteiger partial charge in [0.05, 0.1) is 26.7 Å². The van der Waals surface area contributed by atoms with Gasteiger partial charge in [0.2, 0.25) is 0 Å². The fourth-order valence-corrected chi connectivity index (χ4v) is 3.45. The van der Waals surface area contributed by atoms with Crippen LogP contribution in [0.15, 0.2) is 12.1 Å². The van der Waals surface area contributed by atoms with Gasteiger partial charge in [-0.3, -0.25) is 0 Å². The molecule has 2 aromatic rings. The van der Waals surface area contributed by atoms with Crippen LogP contribution in [0.25, 0.3) is 11.0 Å². The number of rotatable bonds is 3. The Labute approximate surface area is 135 Å². The first-order valence-electron chi connectivity index (χ1n) is 6.65. The van der Waals surface area contributed by atoms with Crippen LogP contribution in [-0.4, -0.2) is 28.1 Å². The Bertz CT molecular complexity index is 646. The monoisotopic (exact) mass is 408 g/mol. The van der Waals surface area contributed by atoms with Crippen molar-refractivity contribution in [3.05, 3.63) is 27.3 Å². The lowest BCUT2D eigenvalue weighted by Crippen LogP contribution is -2.19. The van der Waals surface area contributed by atoms with E-state index < -0.39 is 0 Å². The first-order chi connectivity index (χ1) is 9.61. The fourth-order valence-electron chi connectivity index (χ4n) is 2.83. The minimum absolute atomic E-state index is 0.115. The summed E-state index contributed by atoms with van der Waals surface area (Å²) in [7, 11) is 0. The molecule has 1 aliphatic rings. The molecule has 1 aromatic heterocycles. The number of aromatic nitrogens is 2. The van der Waals surface area contributed by atoms with Crippen LogP contribution in [0, 0.1) is 9.39 Å². The highest BCUT2D eigenvalue weighted by Crippen LogP contribution is 2.32. The SMILES string of the molecule is CC1OCCC1n1c(CCCl)nc2cc(I)c(F)cc21. The van der Waals surface area contributed by atoms with Crippen molar-refractivity contribution in [3.8, 4) is 0 Å². The quantitative estimate of drug-likeness (QED) is 0.569. The van der Waals surface area contributed by atoms with Gasteiger partial charge in [-0.15, -0.1) is 11.6 Å². The number of aryl methyl sites for hydroxylation is 1. The van der Waals surface area contributed by atoms with Crippen LogP contribution in [0.4, 0.5) is 4.39 Å². The summed E-state index contributed by atoms with van der Waals surface area (Å²) in [6, 6.07) is 3.57. The van der Waals surface area contributed by atoms with E-state index >= 15 is 0 Å². The maximum Gasteiger partial charge on any atom is 0.138 e. The Kier molecular flexibility index (Phi) is 4.19. The molecule has 1 aliphatic heterocycles. The molecule has 0 aliphatic carbocycles. The topological polar surface area (TPSA) is 27.1 Å². The zero-order chi connectivity index (χ0) is 14.3. The highest BCUT2D eigenvalue weighted by atomic mass is 127. The molecule has 1 aromatic carbocycles. The van der Waals surface area contributed by atoms with Gasteiger partial charge in [0.1, 0.15) is 11.6 Å². The van der Waals surface area contributed by atoms with Gasteiger partial charge in [0.25, 0.3) is 0 Å². The molecule has 0 amide bonds. The van der Waals surface area contributed by atoms with Crippen molar-refractivity contribution in [2.24, 2.45) is 0 Å². The van der Waals surface area contributed by atoms with Gasteiger partial charge in [-0.05, 0) is 42.0 Å². The molecule has 108 valence electrons. The third kappa shape index (κ3) is 2.44. The van der Waals surface area contributed by atoms with Crippen LogP contribution >= 0.6 is 34.2 Å². The molecule has 6 heteroatoms. The maximum absolute atomic E-state index is 13.9. The summed E-state index contributed by atoms with van der Waals surface area (Å²) in [5.74, 6) is 1.21. The summed E-state index contributed by atoms with van der Waals surface area (Å²) in [5.41, 5.74) is 1.67. The van der Waals surface area contributed by atoms with Gasteiger partial charge < -0.3 is 9.30 Å². The molecule has 3 nitrogen and oxygen atoms in total. The van der Waals surface area contributed by atoms with E-state index in [0.717, 1.165) is 29.9 Å². The van der Waals surface area contributed by atoms with Gasteiger partial charge in [-0.2, -0.15) is 0 Å². The molecule has 0 bridgehead atoms. The van der Waals surface area contributed by atoms with Gasteiger partial charge in [-0.25, -0.2) is 9.37 Å². The lowest BCUT2D eigenvalue weighted by atomic mass is 10.1. The van der Waals surface area contributed by atoms with Gasteiger partial charge in [0.15, 0.2) is 0 Å². The van der Waals surface area contributed by atoms with Crippen molar-refractivity contribution >= 4 is 45.2 Å². The zero-order valence-electron chi connectivity index (χ0n) is 11.1. The second-order valence-corrected chi connectivity index (χ2v) is 6.56. The van der Waals surface area contributed by atoms with Crippen LogP contribution in [0.3, 0.4) is 0 Å². The molecule has 2 unspecified atom stereocenters. The number of alkyl halides is 1. The molecule has 3 rings (SSSR count). The normalized spacial score (nSPS) is 22.8. The van der Waals surface area contributed by atoms with Crippen molar-refractivity contribution in [2.45, 2.75) is 31.9 Å². The van der Waals surface area contributed by atoms with E-state index in [1.54, 1.807) is 12.1 Å². The van der Waals surface area contributed by atoms with E-state index in [2.05, 4.69) is 16.5 Å². The van der Waals surface area contributed by atoms with Gasteiger partial charge >= 0.3 is 0 Å². The number of hydrogen-bond donors (Lipinski definition) is 0. The molecule has 1 fully saturated rings. The minimum atomic E-state index is -0.205. The molecule has 20 heavy (non-hydrogen) atoms. The van der Waals surface area contributed by atoms with E-state index in [9.17, 15) is 4.39 Å². The molecule has 0 saturated carbocycles. The Morgan fingerprint density at radius 3 is 3.00 bits per heavy atom. The number of fused-ring (bicyclic) bond motifs is 1. The van der Waals surface area contributed by atoms with Crippen molar-refractivity contribution in [3.63, 3.8) is 0 Å². The Morgan fingerprint density at radius 1 is 1.55 bits per heavy atom. The average molecular weight is 409 g/mol. The first kappa shape index (κ1) is 14.5. The second-order valence-electron chi connectivity index (χ2n) is 5.02. The van der Waals surface area contributed by atoms with Gasteiger partial charge in [-0.1, -0.05) is 0 Å². The zero-order valence-corrected chi connectivity index (χ0v) is 14.0. The van der Waals surface area contributed by atoms with Crippen molar-refractivity contribution in [2.75, 3.05) is 12.5 Å². The van der Waals surface area contributed by atoms with E-state index in [4.69, 9.17) is 16.3 Å². The summed E-state index contributed by atoms with van der Waals surface area (Å²) >= 11 is 7.87. The number of ether oxygens (including phenoxy) is 1. The van der Waals surface area contributed by atoms with E-state index in [-0.39, 0.29) is 18.0 Å². The van der Waals surface area contributed by atoms with Crippen LogP contribution in [0.5, 0.6) is 0 Å². The maximum atomic E-state index is 13.9. The molecular formula is C14H15ClFIN2O. The molecule has 2 atom stereocenters. The Balaban J connectivity index is 2.20. The number of benzene rings is 1. The highest BCUT2D eigenvalue weighted by molar-refractivity contribution is 14.1. The molecule has 1 saturated heterocycles. The summed E-state index contributed by atoms with van der Waals surface area (Å²) in [5, 5.41) is 0. The van der Waals surface area contributed by atoms with E-state index in [1.807, 2.05) is 22.6 Å². The lowest BCUT2D eigenvalue weighted by molar-refractivity contribution is 0.108. The highest BCUT2D eigenvalue weighted by Gasteiger charge is 2.29. The van der Waals surface area contributed by atoms with Crippen molar-refractivity contribution in [1.29, 1.82) is 0 Å². The molecule has 0 spiro atoms. The molecular weight excluding hydrogens is 394 g/mol. The summed E-state index contributed by atoms with van der Waals surface area (Å²) < 4.78 is 22.3. The predicted molar refractivity (Wildman–Crippen MR) is 85.9 cm³/mol. The van der Waals surface area contributed by atoms with Crippen LogP contribution in [0.2, 0.25) is 0 Å². The fraction of sp³-hybridized carbons (Fsp3) is 0.500. The van der Waals surface area contributed by atoms with Gasteiger partial charge in [0, 0.05) is 25.0 Å². The smallest absolute Gasteiger partial charge is 0.138 e. The second kappa shape index (κ2) is 5.77. The predicted octanol–water partition coefficient (Wildman–Crippen LogP) is 3.91. The number of nitrogens with zero attached hydrogens (tertiary/aromatic N) is 2. The summed E-state index contributed by atoms with van der Waals surface area (Å²) in [6.07, 6.45) is 1.72. The van der Waals surface area contributed by atoms with Crippen LogP contribution in [-0.2, 0) is 11.2 Å². The number of halogens is 3. The number of imidazole rings is 1. The lowest BCUT2D eigenvalue weighted by Gasteiger charge is -2.19. The van der Waals surface area contributed by atoms with Crippen LogP contribution < -0.4 is 0 Å². The third-order valence-corrected chi connectivity index (χ3v) is 4.81. The summed E-state index contributed by atoms with van der Waals surface area (Å²) in [4.78, 5) is 4.63. The number of hydrogen-bond acceptors (Lipinski definition) is 2. The molecule has 2 heterocycles. The standard InChI is InChI=1S/C14H15ClFIN2O/c1-8-12(3-5-20-8)19-13-6-9(16)10(17)7-11(13)18-14(19)2-4-15/h6-8,12H,2-5H2,1H3. The van der Waals surface area contributed by atoms with Crippen LogP contribution in [0.1, 0.15) is 25.2 Å². The summed E-state index contributed by atoms with van der Waals surface area (Å²) in [6.45, 7) is 2.79. The Morgan fingerprint density at radius 2 is 2.35 bits per heavy atom. The Hall–Kier alpha value is -0.400. The van der Waals surface area contributed by atoms with Crippen molar-refractivity contribution in [1.82, 2.24) is 9.55 Å². The molecule has 0 N–H and O–H groups in total. The average Bonchev–Trinajstić information content (AvgIpc) is 2.94. The van der Waals surface area contributed by atoms with E-state index in [0.29, 0.717) is 15.9 Å². The largest absolute Gasteiger partial charge is 0.376 e. The third-order valence-electron chi connectivity index (χ3n) is 3.79. The van der Waals surface area contributed by atoms with Crippen molar-refractivity contribution < 1.29 is 9.13 Å².